The summed E-state index contributed by atoms with van der Waals surface area (Å²) in [6.07, 6.45) is 2.88. The fraction of sp³-hybridized carbons (Fsp3) is 0.292. The van der Waals surface area contributed by atoms with Gasteiger partial charge in [0.05, 0.1) is 11.9 Å². The number of benzene rings is 2. The SMILES string of the molecule is CC1Cc2cc(C(=O)Nc3ccc(N4CCc5sccc5C4)cc3)ccc2N1S(C)(=O)=O. The van der Waals surface area contributed by atoms with E-state index >= 15 is 0 Å². The Hall–Kier alpha value is -2.84. The summed E-state index contributed by atoms with van der Waals surface area (Å²) in [6.45, 7) is 3.80. The van der Waals surface area contributed by atoms with E-state index in [2.05, 4.69) is 21.7 Å². The summed E-state index contributed by atoms with van der Waals surface area (Å²) in [6, 6.07) is 15.2. The van der Waals surface area contributed by atoms with Crippen LogP contribution in [0.5, 0.6) is 0 Å². The number of carbonyl (C=O) groups excluding carboxylic acids is 1. The zero-order valence-corrected chi connectivity index (χ0v) is 19.7. The smallest absolute Gasteiger partial charge is 0.255 e. The summed E-state index contributed by atoms with van der Waals surface area (Å²) in [4.78, 5) is 16.7. The van der Waals surface area contributed by atoms with Crippen LogP contribution >= 0.6 is 11.3 Å². The predicted octanol–water partition coefficient (Wildman–Crippen LogP) is 4.27. The molecule has 0 fully saturated rings. The van der Waals surface area contributed by atoms with E-state index in [0.29, 0.717) is 17.7 Å². The number of nitrogens with zero attached hydrogens (tertiary/aromatic N) is 2. The maximum absolute atomic E-state index is 12.8. The van der Waals surface area contributed by atoms with Gasteiger partial charge in [-0.05, 0) is 84.8 Å². The van der Waals surface area contributed by atoms with Gasteiger partial charge in [0.2, 0.25) is 10.0 Å². The number of fused-ring (bicyclic) bond motifs is 2. The third-order valence-electron chi connectivity index (χ3n) is 6.15. The number of sulfonamides is 1. The second kappa shape index (κ2) is 7.94. The van der Waals surface area contributed by atoms with Crippen LogP contribution in [0.3, 0.4) is 0 Å². The van der Waals surface area contributed by atoms with Gasteiger partial charge in [0.15, 0.2) is 0 Å². The van der Waals surface area contributed by atoms with Crippen LogP contribution in [0.4, 0.5) is 17.1 Å². The molecule has 0 aliphatic carbocycles. The lowest BCUT2D eigenvalue weighted by atomic mass is 10.1. The summed E-state index contributed by atoms with van der Waals surface area (Å²) in [7, 11) is -3.34. The number of hydrogen-bond donors (Lipinski definition) is 1. The average Bonchev–Trinajstić information content (AvgIpc) is 3.35. The molecule has 32 heavy (non-hydrogen) atoms. The van der Waals surface area contributed by atoms with Gasteiger partial charge in [-0.1, -0.05) is 0 Å². The first-order valence-corrected chi connectivity index (χ1v) is 13.4. The molecule has 0 saturated heterocycles. The number of anilines is 3. The van der Waals surface area contributed by atoms with Crippen molar-refractivity contribution in [3.05, 3.63) is 75.5 Å². The highest BCUT2D eigenvalue weighted by Crippen LogP contribution is 2.35. The third kappa shape index (κ3) is 3.89. The fourth-order valence-electron chi connectivity index (χ4n) is 4.68. The predicted molar refractivity (Wildman–Crippen MR) is 130 cm³/mol. The highest BCUT2D eigenvalue weighted by Gasteiger charge is 2.32. The first-order valence-electron chi connectivity index (χ1n) is 10.6. The highest BCUT2D eigenvalue weighted by atomic mass is 32.2. The molecule has 1 N–H and O–H groups in total. The van der Waals surface area contributed by atoms with Crippen molar-refractivity contribution in [3.8, 4) is 0 Å². The summed E-state index contributed by atoms with van der Waals surface area (Å²) in [5.41, 5.74) is 5.35. The van der Waals surface area contributed by atoms with Gasteiger partial charge >= 0.3 is 0 Å². The van der Waals surface area contributed by atoms with E-state index < -0.39 is 10.0 Å². The zero-order chi connectivity index (χ0) is 22.5. The van der Waals surface area contributed by atoms with Crippen LogP contribution in [0.25, 0.3) is 0 Å². The molecular formula is C24H25N3O3S2. The first kappa shape index (κ1) is 21.0. The van der Waals surface area contributed by atoms with E-state index in [1.54, 1.807) is 18.2 Å². The minimum Gasteiger partial charge on any atom is -0.367 e. The number of amides is 1. The Kier molecular flexibility index (Phi) is 5.22. The Bertz CT molecular complexity index is 1280. The van der Waals surface area contributed by atoms with Crippen molar-refractivity contribution in [3.63, 3.8) is 0 Å². The van der Waals surface area contributed by atoms with Gasteiger partial charge in [-0.15, -0.1) is 11.3 Å². The molecule has 0 bridgehead atoms. The molecule has 0 spiro atoms. The minimum atomic E-state index is -3.34. The molecule has 1 atom stereocenters. The Morgan fingerprint density at radius 2 is 1.88 bits per heavy atom. The summed E-state index contributed by atoms with van der Waals surface area (Å²) in [5, 5.41) is 5.11. The van der Waals surface area contributed by atoms with E-state index in [1.165, 1.54) is 21.0 Å². The van der Waals surface area contributed by atoms with Crippen molar-refractivity contribution >= 4 is 44.3 Å². The molecule has 166 valence electrons. The van der Waals surface area contributed by atoms with Crippen LogP contribution in [0.1, 0.15) is 33.3 Å². The molecule has 8 heteroatoms. The Morgan fingerprint density at radius 1 is 1.09 bits per heavy atom. The summed E-state index contributed by atoms with van der Waals surface area (Å²) in [5.74, 6) is -0.202. The van der Waals surface area contributed by atoms with Gasteiger partial charge in [0, 0.05) is 40.9 Å². The Labute approximate surface area is 192 Å². The largest absolute Gasteiger partial charge is 0.367 e. The monoisotopic (exact) mass is 467 g/mol. The fourth-order valence-corrected chi connectivity index (χ4v) is 6.83. The molecule has 2 aliphatic rings. The lowest BCUT2D eigenvalue weighted by Gasteiger charge is -2.29. The van der Waals surface area contributed by atoms with Gasteiger partial charge in [-0.3, -0.25) is 9.10 Å². The van der Waals surface area contributed by atoms with Crippen molar-refractivity contribution < 1.29 is 13.2 Å². The van der Waals surface area contributed by atoms with Crippen LogP contribution in [0.2, 0.25) is 0 Å². The topological polar surface area (TPSA) is 69.7 Å². The molecule has 1 unspecified atom stereocenters. The number of thiophene rings is 1. The molecule has 2 aliphatic heterocycles. The van der Waals surface area contributed by atoms with Crippen molar-refractivity contribution in [2.75, 3.05) is 27.3 Å². The Balaban J connectivity index is 1.28. The van der Waals surface area contributed by atoms with Crippen LogP contribution < -0.4 is 14.5 Å². The maximum Gasteiger partial charge on any atom is 0.255 e. The number of nitrogens with one attached hydrogen (secondary N) is 1. The van der Waals surface area contributed by atoms with Crippen molar-refractivity contribution in [2.45, 2.75) is 32.4 Å². The molecule has 3 aromatic rings. The van der Waals surface area contributed by atoms with Crippen LogP contribution in [0.15, 0.2) is 53.9 Å². The van der Waals surface area contributed by atoms with E-state index in [4.69, 9.17) is 0 Å². The number of hydrogen-bond acceptors (Lipinski definition) is 5. The maximum atomic E-state index is 12.8. The number of carbonyl (C=O) groups is 1. The van der Waals surface area contributed by atoms with Crippen LogP contribution in [0, 0.1) is 0 Å². The molecule has 0 saturated carbocycles. The molecule has 5 rings (SSSR count). The lowest BCUT2D eigenvalue weighted by molar-refractivity contribution is 0.102. The molecular weight excluding hydrogens is 442 g/mol. The normalized spacial score (nSPS) is 17.8. The molecule has 3 heterocycles. The molecule has 1 amide bonds. The van der Waals surface area contributed by atoms with Crippen molar-refractivity contribution in [1.82, 2.24) is 0 Å². The van der Waals surface area contributed by atoms with Gasteiger partial charge in [-0.25, -0.2) is 8.42 Å². The Morgan fingerprint density at radius 3 is 2.62 bits per heavy atom. The molecule has 2 aromatic carbocycles. The lowest BCUT2D eigenvalue weighted by Crippen LogP contribution is -2.34. The van der Waals surface area contributed by atoms with Crippen LogP contribution in [-0.4, -0.2) is 33.2 Å². The summed E-state index contributed by atoms with van der Waals surface area (Å²) < 4.78 is 25.6. The van der Waals surface area contributed by atoms with E-state index in [-0.39, 0.29) is 11.9 Å². The molecule has 0 radical (unpaired) electrons. The molecule has 1 aromatic heterocycles. The van der Waals surface area contributed by atoms with Crippen LogP contribution in [-0.2, 0) is 29.4 Å². The van der Waals surface area contributed by atoms with Gasteiger partial charge in [0.25, 0.3) is 5.91 Å². The quantitative estimate of drug-likeness (QED) is 0.622. The van der Waals surface area contributed by atoms with Gasteiger partial charge in [-0.2, -0.15) is 0 Å². The van der Waals surface area contributed by atoms with E-state index in [1.807, 2.05) is 42.5 Å². The summed E-state index contributed by atoms with van der Waals surface area (Å²) >= 11 is 1.83. The third-order valence-corrected chi connectivity index (χ3v) is 8.44. The first-order chi connectivity index (χ1) is 15.3. The van der Waals surface area contributed by atoms with Gasteiger partial charge in [0.1, 0.15) is 0 Å². The van der Waals surface area contributed by atoms with Crippen molar-refractivity contribution in [1.29, 1.82) is 0 Å². The average molecular weight is 468 g/mol. The second-order valence-corrected chi connectivity index (χ2v) is 11.4. The minimum absolute atomic E-state index is 0.147. The second-order valence-electron chi connectivity index (χ2n) is 8.50. The number of rotatable bonds is 4. The standard InChI is InChI=1S/C24H25N3O3S2/c1-16-13-19-14-17(3-8-22(19)27(16)32(2,29)30)24(28)25-20-4-6-21(7-5-20)26-11-9-23-18(15-26)10-12-31-23/h3-8,10,12,14,16H,9,11,13,15H2,1-2H3,(H,25,28). The van der Waals surface area contributed by atoms with Gasteiger partial charge < -0.3 is 10.2 Å². The zero-order valence-electron chi connectivity index (χ0n) is 18.0. The van der Waals surface area contributed by atoms with E-state index in [9.17, 15) is 13.2 Å². The molecule has 6 nitrogen and oxygen atoms in total. The highest BCUT2D eigenvalue weighted by molar-refractivity contribution is 7.92. The van der Waals surface area contributed by atoms with E-state index in [0.717, 1.165) is 36.4 Å². The van der Waals surface area contributed by atoms with Crippen molar-refractivity contribution in [2.24, 2.45) is 0 Å².